The summed E-state index contributed by atoms with van der Waals surface area (Å²) >= 11 is 4.44. The standard InChI is InChI=1S/C17H33NS2/c1-4-10-18-16(17-13(3)19-11-12-20-17)15-8-6-14(5-2)7-9-15/h13-18H,4-12H2,1-3H3. The highest BCUT2D eigenvalue weighted by molar-refractivity contribution is 8.07. The van der Waals surface area contributed by atoms with E-state index >= 15 is 0 Å². The first-order chi connectivity index (χ1) is 9.76. The molecule has 20 heavy (non-hydrogen) atoms. The van der Waals surface area contributed by atoms with Crippen LogP contribution in [-0.4, -0.2) is 34.6 Å². The molecular formula is C17H33NS2. The van der Waals surface area contributed by atoms with Crippen molar-refractivity contribution in [2.45, 2.75) is 75.8 Å². The molecule has 1 saturated carbocycles. The van der Waals surface area contributed by atoms with E-state index in [2.05, 4.69) is 49.6 Å². The fraction of sp³-hybridized carbons (Fsp3) is 1.00. The van der Waals surface area contributed by atoms with Gasteiger partial charge in [0, 0.05) is 28.0 Å². The van der Waals surface area contributed by atoms with E-state index in [0.717, 1.165) is 28.4 Å². The van der Waals surface area contributed by atoms with Crippen molar-refractivity contribution in [1.29, 1.82) is 0 Å². The van der Waals surface area contributed by atoms with Crippen LogP contribution in [0.2, 0.25) is 0 Å². The molecule has 0 radical (unpaired) electrons. The van der Waals surface area contributed by atoms with Crippen molar-refractivity contribution in [2.24, 2.45) is 11.8 Å². The Morgan fingerprint density at radius 3 is 2.35 bits per heavy atom. The minimum absolute atomic E-state index is 0.764. The maximum Gasteiger partial charge on any atom is 0.0320 e. The molecule has 0 aromatic heterocycles. The van der Waals surface area contributed by atoms with E-state index in [-0.39, 0.29) is 0 Å². The highest BCUT2D eigenvalue weighted by Gasteiger charge is 2.36. The Morgan fingerprint density at radius 2 is 1.75 bits per heavy atom. The molecule has 1 nitrogen and oxygen atoms in total. The Balaban J connectivity index is 1.95. The van der Waals surface area contributed by atoms with Crippen molar-refractivity contribution in [3.05, 3.63) is 0 Å². The SMILES string of the molecule is CCCNC(C1CCC(CC)CC1)C1SCCSC1C. The lowest BCUT2D eigenvalue weighted by Crippen LogP contribution is -2.50. The fourth-order valence-corrected chi connectivity index (χ4v) is 6.90. The second-order valence-corrected chi connectivity index (χ2v) is 9.35. The Morgan fingerprint density at radius 1 is 1.05 bits per heavy atom. The van der Waals surface area contributed by atoms with Crippen LogP contribution in [0.3, 0.4) is 0 Å². The van der Waals surface area contributed by atoms with Crippen LogP contribution in [0.15, 0.2) is 0 Å². The largest absolute Gasteiger partial charge is 0.313 e. The van der Waals surface area contributed by atoms with Crippen LogP contribution in [0.5, 0.6) is 0 Å². The van der Waals surface area contributed by atoms with Crippen molar-refractivity contribution in [2.75, 3.05) is 18.1 Å². The van der Waals surface area contributed by atoms with E-state index in [4.69, 9.17) is 0 Å². The Bertz CT molecular complexity index is 264. The maximum atomic E-state index is 3.94. The molecular weight excluding hydrogens is 282 g/mol. The zero-order valence-corrected chi connectivity index (χ0v) is 15.2. The van der Waals surface area contributed by atoms with Crippen LogP contribution in [0, 0.1) is 11.8 Å². The quantitative estimate of drug-likeness (QED) is 0.755. The van der Waals surface area contributed by atoms with Gasteiger partial charge in [0.05, 0.1) is 0 Å². The van der Waals surface area contributed by atoms with Crippen LogP contribution in [0.1, 0.15) is 59.3 Å². The number of rotatable bonds is 6. The molecule has 0 aromatic rings. The molecule has 1 aliphatic carbocycles. The molecule has 3 heteroatoms. The zero-order valence-electron chi connectivity index (χ0n) is 13.6. The average molecular weight is 316 g/mol. The van der Waals surface area contributed by atoms with Crippen molar-refractivity contribution < 1.29 is 0 Å². The number of thioether (sulfide) groups is 2. The van der Waals surface area contributed by atoms with Crippen LogP contribution in [-0.2, 0) is 0 Å². The van der Waals surface area contributed by atoms with Gasteiger partial charge in [-0.3, -0.25) is 0 Å². The summed E-state index contributed by atoms with van der Waals surface area (Å²) in [7, 11) is 0. The minimum Gasteiger partial charge on any atom is -0.313 e. The summed E-state index contributed by atoms with van der Waals surface area (Å²) < 4.78 is 0. The molecule has 118 valence electrons. The maximum absolute atomic E-state index is 3.94. The second kappa shape index (κ2) is 8.95. The van der Waals surface area contributed by atoms with Gasteiger partial charge in [0.1, 0.15) is 0 Å². The highest BCUT2D eigenvalue weighted by Crippen LogP contribution is 2.40. The Labute approximate surface area is 134 Å². The topological polar surface area (TPSA) is 12.0 Å². The summed E-state index contributed by atoms with van der Waals surface area (Å²) in [4.78, 5) is 0. The van der Waals surface area contributed by atoms with Gasteiger partial charge in [-0.15, -0.1) is 0 Å². The molecule has 1 N–H and O–H groups in total. The Kier molecular flexibility index (Phi) is 7.61. The second-order valence-electron chi connectivity index (χ2n) is 6.58. The van der Waals surface area contributed by atoms with Crippen molar-refractivity contribution in [3.63, 3.8) is 0 Å². The normalized spacial score (nSPS) is 36.8. The molecule has 2 fully saturated rings. The van der Waals surface area contributed by atoms with Gasteiger partial charge in [0.25, 0.3) is 0 Å². The third kappa shape index (κ3) is 4.58. The third-order valence-corrected chi connectivity index (χ3v) is 8.41. The van der Waals surface area contributed by atoms with Crippen LogP contribution >= 0.6 is 23.5 Å². The third-order valence-electron chi connectivity index (χ3n) is 5.20. The van der Waals surface area contributed by atoms with Gasteiger partial charge in [0.15, 0.2) is 0 Å². The number of hydrogen-bond acceptors (Lipinski definition) is 3. The van der Waals surface area contributed by atoms with Gasteiger partial charge < -0.3 is 5.32 Å². The van der Waals surface area contributed by atoms with Crippen LogP contribution in [0.25, 0.3) is 0 Å². The van der Waals surface area contributed by atoms with Crippen molar-refractivity contribution in [1.82, 2.24) is 5.32 Å². The Hall–Kier alpha value is 0.660. The number of hydrogen-bond donors (Lipinski definition) is 1. The van der Waals surface area contributed by atoms with Crippen molar-refractivity contribution >= 4 is 23.5 Å². The molecule has 0 spiro atoms. The zero-order chi connectivity index (χ0) is 14.4. The van der Waals surface area contributed by atoms with E-state index in [1.165, 1.54) is 56.6 Å². The van der Waals surface area contributed by atoms with Gasteiger partial charge in [-0.25, -0.2) is 0 Å². The predicted molar refractivity (Wildman–Crippen MR) is 96.0 cm³/mol. The molecule has 1 aliphatic heterocycles. The van der Waals surface area contributed by atoms with Gasteiger partial charge in [-0.2, -0.15) is 23.5 Å². The highest BCUT2D eigenvalue weighted by atomic mass is 32.2. The fourth-order valence-electron chi connectivity index (χ4n) is 3.86. The van der Waals surface area contributed by atoms with Crippen LogP contribution in [0.4, 0.5) is 0 Å². The summed E-state index contributed by atoms with van der Waals surface area (Å²) in [5.41, 5.74) is 0. The van der Waals surface area contributed by atoms with E-state index in [9.17, 15) is 0 Å². The minimum atomic E-state index is 0.764. The van der Waals surface area contributed by atoms with Gasteiger partial charge >= 0.3 is 0 Å². The summed E-state index contributed by atoms with van der Waals surface area (Å²) in [6.07, 6.45) is 8.54. The molecule has 0 aromatic carbocycles. The summed E-state index contributed by atoms with van der Waals surface area (Å²) in [5, 5.41) is 5.60. The van der Waals surface area contributed by atoms with Crippen LogP contribution < -0.4 is 5.32 Å². The van der Waals surface area contributed by atoms with Gasteiger partial charge in [-0.05, 0) is 37.6 Å². The van der Waals surface area contributed by atoms with Gasteiger partial charge in [-0.1, -0.05) is 40.0 Å². The van der Waals surface area contributed by atoms with E-state index in [0.29, 0.717) is 0 Å². The lowest BCUT2D eigenvalue weighted by atomic mass is 9.76. The van der Waals surface area contributed by atoms with E-state index in [1.54, 1.807) is 0 Å². The van der Waals surface area contributed by atoms with Crippen molar-refractivity contribution in [3.8, 4) is 0 Å². The molecule has 1 saturated heterocycles. The molecule has 2 aliphatic rings. The lowest BCUT2D eigenvalue weighted by molar-refractivity contribution is 0.214. The van der Waals surface area contributed by atoms with E-state index < -0.39 is 0 Å². The average Bonchev–Trinajstić information content (AvgIpc) is 2.50. The summed E-state index contributed by atoms with van der Waals surface area (Å²) in [6, 6.07) is 0.764. The summed E-state index contributed by atoms with van der Waals surface area (Å²) in [6.45, 7) is 8.32. The summed E-state index contributed by atoms with van der Waals surface area (Å²) in [5.74, 6) is 4.66. The van der Waals surface area contributed by atoms with Gasteiger partial charge in [0.2, 0.25) is 0 Å². The first kappa shape index (κ1) is 17.0. The first-order valence-electron chi connectivity index (χ1n) is 8.72. The molecule has 0 bridgehead atoms. The molecule has 0 amide bonds. The monoisotopic (exact) mass is 315 g/mol. The smallest absolute Gasteiger partial charge is 0.0320 e. The molecule has 3 unspecified atom stereocenters. The van der Waals surface area contributed by atoms with E-state index in [1.807, 2.05) is 0 Å². The number of nitrogens with one attached hydrogen (secondary N) is 1. The first-order valence-corrected chi connectivity index (χ1v) is 10.8. The molecule has 1 heterocycles. The molecule has 2 rings (SSSR count). The molecule has 3 atom stereocenters. The lowest BCUT2D eigenvalue weighted by Gasteiger charge is -2.42. The predicted octanol–water partition coefficient (Wildman–Crippen LogP) is 4.81.